The fourth-order valence-electron chi connectivity index (χ4n) is 2.07. The lowest BCUT2D eigenvalue weighted by Crippen LogP contribution is -2.36. The minimum atomic E-state index is 0.128. The maximum Gasteiger partial charge on any atom is 0.0595 e. The highest BCUT2D eigenvalue weighted by Crippen LogP contribution is 2.23. The molecule has 0 atom stereocenters. The van der Waals surface area contributed by atoms with Crippen molar-refractivity contribution in [2.24, 2.45) is 5.41 Å². The topological polar surface area (TPSA) is 28.2 Å². The molecule has 0 spiro atoms. The number of hydrogen-bond donors (Lipinski definition) is 1. The molecule has 1 rings (SSSR count). The van der Waals surface area contributed by atoms with Crippen LogP contribution in [0.2, 0.25) is 0 Å². The van der Waals surface area contributed by atoms with Crippen molar-refractivity contribution in [1.82, 2.24) is 10.3 Å². The van der Waals surface area contributed by atoms with Crippen molar-refractivity contribution in [2.45, 2.75) is 53.6 Å². The Balaban J connectivity index is 2.83. The summed E-state index contributed by atoms with van der Waals surface area (Å²) in [4.78, 5) is 6.57. The summed E-state index contributed by atoms with van der Waals surface area (Å²) in [5, 5.41) is 3.54. The molecule has 1 N–H and O–H groups in total. The van der Waals surface area contributed by atoms with Crippen molar-refractivity contribution in [3.05, 3.63) is 24.0 Å². The highest BCUT2D eigenvalue weighted by molar-refractivity contribution is 5.51. The maximum atomic E-state index is 4.27. The van der Waals surface area contributed by atoms with E-state index < -0.39 is 0 Å². The standard InChI is InChI=1S/C16H29N3/c1-15(2,3)12-19(7)14-11-17-9-8-13(14)10-18-16(4,5)6/h8-9,11,18H,10,12H2,1-7H3. The fraction of sp³-hybridized carbons (Fsp3) is 0.688. The Kier molecular flexibility index (Phi) is 4.97. The zero-order valence-electron chi connectivity index (χ0n) is 13.5. The van der Waals surface area contributed by atoms with E-state index in [-0.39, 0.29) is 11.0 Å². The molecular formula is C16H29N3. The van der Waals surface area contributed by atoms with Gasteiger partial charge in [0.15, 0.2) is 0 Å². The summed E-state index contributed by atoms with van der Waals surface area (Å²) in [5.74, 6) is 0. The number of hydrogen-bond acceptors (Lipinski definition) is 3. The molecule has 0 saturated heterocycles. The van der Waals surface area contributed by atoms with E-state index in [4.69, 9.17) is 0 Å². The van der Waals surface area contributed by atoms with E-state index >= 15 is 0 Å². The smallest absolute Gasteiger partial charge is 0.0595 e. The van der Waals surface area contributed by atoms with Gasteiger partial charge in [0, 0.05) is 31.9 Å². The lowest BCUT2D eigenvalue weighted by molar-refractivity contribution is 0.414. The molecule has 0 unspecified atom stereocenters. The van der Waals surface area contributed by atoms with Gasteiger partial charge in [-0.15, -0.1) is 0 Å². The summed E-state index contributed by atoms with van der Waals surface area (Å²) in [6.45, 7) is 15.2. The predicted molar refractivity (Wildman–Crippen MR) is 83.6 cm³/mol. The highest BCUT2D eigenvalue weighted by atomic mass is 15.1. The van der Waals surface area contributed by atoms with Crippen molar-refractivity contribution in [3.8, 4) is 0 Å². The Morgan fingerprint density at radius 2 is 1.79 bits per heavy atom. The molecule has 0 aromatic carbocycles. The fourth-order valence-corrected chi connectivity index (χ4v) is 2.07. The Bertz CT molecular complexity index is 399. The summed E-state index contributed by atoms with van der Waals surface area (Å²) < 4.78 is 0. The number of rotatable bonds is 4. The maximum absolute atomic E-state index is 4.27. The van der Waals surface area contributed by atoms with Crippen LogP contribution in [0.1, 0.15) is 47.1 Å². The summed E-state index contributed by atoms with van der Waals surface area (Å²) >= 11 is 0. The van der Waals surface area contributed by atoms with Gasteiger partial charge in [0.1, 0.15) is 0 Å². The van der Waals surface area contributed by atoms with Crippen LogP contribution in [0.4, 0.5) is 5.69 Å². The average Bonchev–Trinajstić information content (AvgIpc) is 2.23. The quantitative estimate of drug-likeness (QED) is 0.902. The van der Waals surface area contributed by atoms with E-state index in [9.17, 15) is 0 Å². The van der Waals surface area contributed by atoms with Crippen molar-refractivity contribution in [1.29, 1.82) is 0 Å². The third kappa shape index (κ3) is 6.06. The first-order chi connectivity index (χ1) is 8.58. The summed E-state index contributed by atoms with van der Waals surface area (Å²) in [6, 6.07) is 2.10. The Morgan fingerprint density at radius 1 is 1.16 bits per heavy atom. The minimum absolute atomic E-state index is 0.128. The molecule has 1 aromatic rings. The molecule has 108 valence electrons. The second kappa shape index (κ2) is 5.91. The molecule has 1 heterocycles. The van der Waals surface area contributed by atoms with Crippen molar-refractivity contribution in [3.63, 3.8) is 0 Å². The molecule has 19 heavy (non-hydrogen) atoms. The van der Waals surface area contributed by atoms with Gasteiger partial charge in [-0.1, -0.05) is 20.8 Å². The molecule has 3 nitrogen and oxygen atoms in total. The van der Waals surface area contributed by atoms with Gasteiger partial charge in [0.25, 0.3) is 0 Å². The van der Waals surface area contributed by atoms with Crippen LogP contribution in [-0.4, -0.2) is 24.1 Å². The molecule has 0 bridgehead atoms. The molecule has 1 aromatic heterocycles. The Morgan fingerprint density at radius 3 is 2.32 bits per heavy atom. The first-order valence-corrected chi connectivity index (χ1v) is 6.97. The van der Waals surface area contributed by atoms with E-state index in [2.05, 4.69) is 69.9 Å². The van der Waals surface area contributed by atoms with Gasteiger partial charge in [-0.05, 0) is 37.8 Å². The van der Waals surface area contributed by atoms with Gasteiger partial charge in [-0.3, -0.25) is 4.98 Å². The van der Waals surface area contributed by atoms with Crippen molar-refractivity contribution < 1.29 is 0 Å². The molecular weight excluding hydrogens is 234 g/mol. The minimum Gasteiger partial charge on any atom is -0.373 e. The van der Waals surface area contributed by atoms with Gasteiger partial charge in [0.05, 0.1) is 11.9 Å². The SMILES string of the molecule is CN(CC(C)(C)C)c1cnccc1CNC(C)(C)C. The lowest BCUT2D eigenvalue weighted by atomic mass is 9.96. The second-order valence-corrected chi connectivity index (χ2v) is 7.52. The first kappa shape index (κ1) is 16.0. The van der Waals surface area contributed by atoms with Crippen LogP contribution in [0.5, 0.6) is 0 Å². The van der Waals surface area contributed by atoms with Gasteiger partial charge in [-0.25, -0.2) is 0 Å². The Hall–Kier alpha value is -1.09. The monoisotopic (exact) mass is 263 g/mol. The first-order valence-electron chi connectivity index (χ1n) is 6.97. The molecule has 0 aliphatic heterocycles. The van der Waals surface area contributed by atoms with Crippen LogP contribution in [0, 0.1) is 5.41 Å². The van der Waals surface area contributed by atoms with E-state index in [1.165, 1.54) is 11.3 Å². The molecule has 0 aliphatic carbocycles. The number of nitrogens with zero attached hydrogens (tertiary/aromatic N) is 2. The van der Waals surface area contributed by atoms with E-state index in [1.54, 1.807) is 0 Å². The van der Waals surface area contributed by atoms with Crippen LogP contribution in [0.25, 0.3) is 0 Å². The number of anilines is 1. The van der Waals surface area contributed by atoms with Gasteiger partial charge < -0.3 is 10.2 Å². The molecule has 0 saturated carbocycles. The summed E-state index contributed by atoms with van der Waals surface area (Å²) in [5.41, 5.74) is 2.92. The molecule has 0 aliphatic rings. The normalized spacial score (nSPS) is 12.6. The third-order valence-corrected chi connectivity index (χ3v) is 2.82. The average molecular weight is 263 g/mol. The summed E-state index contributed by atoms with van der Waals surface area (Å²) in [7, 11) is 2.14. The van der Waals surface area contributed by atoms with E-state index in [0.717, 1.165) is 13.1 Å². The second-order valence-electron chi connectivity index (χ2n) is 7.52. The number of pyridine rings is 1. The third-order valence-electron chi connectivity index (χ3n) is 2.82. The van der Waals surface area contributed by atoms with Gasteiger partial charge in [0.2, 0.25) is 0 Å². The molecule has 0 amide bonds. The zero-order chi connectivity index (χ0) is 14.7. The molecule has 3 heteroatoms. The number of nitrogens with one attached hydrogen (secondary N) is 1. The predicted octanol–water partition coefficient (Wildman–Crippen LogP) is 3.45. The summed E-state index contributed by atoms with van der Waals surface area (Å²) in [6.07, 6.45) is 3.83. The Labute approximate surface area is 118 Å². The number of aromatic nitrogens is 1. The van der Waals surface area contributed by atoms with Crippen LogP contribution >= 0.6 is 0 Å². The largest absolute Gasteiger partial charge is 0.373 e. The van der Waals surface area contributed by atoms with E-state index in [1.807, 2.05) is 12.4 Å². The van der Waals surface area contributed by atoms with Crippen LogP contribution in [0.15, 0.2) is 18.5 Å². The van der Waals surface area contributed by atoms with Crippen LogP contribution < -0.4 is 10.2 Å². The van der Waals surface area contributed by atoms with Crippen molar-refractivity contribution in [2.75, 3.05) is 18.5 Å². The highest BCUT2D eigenvalue weighted by Gasteiger charge is 2.17. The van der Waals surface area contributed by atoms with Crippen LogP contribution in [0.3, 0.4) is 0 Å². The molecule has 0 radical (unpaired) electrons. The van der Waals surface area contributed by atoms with Crippen LogP contribution in [-0.2, 0) is 6.54 Å². The van der Waals surface area contributed by atoms with Crippen molar-refractivity contribution >= 4 is 5.69 Å². The van der Waals surface area contributed by atoms with E-state index in [0.29, 0.717) is 0 Å². The molecule has 0 fully saturated rings. The van der Waals surface area contributed by atoms with Gasteiger partial charge in [-0.2, -0.15) is 0 Å². The lowest BCUT2D eigenvalue weighted by Gasteiger charge is -2.30. The van der Waals surface area contributed by atoms with Gasteiger partial charge >= 0.3 is 0 Å². The zero-order valence-corrected chi connectivity index (χ0v) is 13.5.